The summed E-state index contributed by atoms with van der Waals surface area (Å²) in [4.78, 5) is 12.0. The number of carbonyl (C=O) groups excluding carboxylic acids is 1. The molecule has 0 fully saturated rings. The Labute approximate surface area is 110 Å². The van der Waals surface area contributed by atoms with Crippen LogP contribution in [0.15, 0.2) is 10.7 Å². The average molecular weight is 304 g/mol. The van der Waals surface area contributed by atoms with Crippen LogP contribution in [0.5, 0.6) is 0 Å². The molecule has 0 atom stereocenters. The van der Waals surface area contributed by atoms with E-state index < -0.39 is 0 Å². The first kappa shape index (κ1) is 14.3. The van der Waals surface area contributed by atoms with Crippen LogP contribution in [0, 0.1) is 0 Å². The standard InChI is InChI=1S/C11H18BrN3O2/c1-8(2)13-7-10(16)11-9(12)6-14-15(11)4-5-17-3/h6,8,13H,4-5,7H2,1-3H3. The average Bonchev–Trinajstić information content (AvgIpc) is 2.64. The van der Waals surface area contributed by atoms with Gasteiger partial charge in [-0.1, -0.05) is 13.8 Å². The predicted octanol–water partition coefficient (Wildman–Crippen LogP) is 1.47. The largest absolute Gasteiger partial charge is 0.383 e. The molecule has 0 saturated carbocycles. The van der Waals surface area contributed by atoms with E-state index >= 15 is 0 Å². The third-order valence-corrected chi connectivity index (χ3v) is 2.82. The summed E-state index contributed by atoms with van der Waals surface area (Å²) in [5.41, 5.74) is 0.593. The molecule has 1 rings (SSSR count). The summed E-state index contributed by atoms with van der Waals surface area (Å²) in [5, 5.41) is 7.24. The van der Waals surface area contributed by atoms with Crippen molar-refractivity contribution in [3.8, 4) is 0 Å². The van der Waals surface area contributed by atoms with E-state index in [1.807, 2.05) is 13.8 Å². The van der Waals surface area contributed by atoms with E-state index in [2.05, 4.69) is 26.3 Å². The molecule has 0 aliphatic carbocycles. The zero-order valence-corrected chi connectivity index (χ0v) is 12.0. The molecule has 0 bridgehead atoms. The van der Waals surface area contributed by atoms with Gasteiger partial charge in [-0.15, -0.1) is 0 Å². The fourth-order valence-corrected chi connectivity index (χ4v) is 1.88. The molecule has 0 saturated heterocycles. The number of aromatic nitrogens is 2. The first-order chi connectivity index (χ1) is 8.06. The summed E-state index contributed by atoms with van der Waals surface area (Å²) in [6.45, 7) is 5.43. The second-order valence-electron chi connectivity index (χ2n) is 4.02. The van der Waals surface area contributed by atoms with E-state index in [4.69, 9.17) is 4.74 Å². The van der Waals surface area contributed by atoms with Gasteiger partial charge in [0.1, 0.15) is 5.69 Å². The summed E-state index contributed by atoms with van der Waals surface area (Å²) in [6, 6.07) is 0.285. The Morgan fingerprint density at radius 2 is 2.35 bits per heavy atom. The van der Waals surface area contributed by atoms with Gasteiger partial charge in [0.25, 0.3) is 0 Å². The Morgan fingerprint density at radius 1 is 1.65 bits per heavy atom. The molecule has 0 aliphatic rings. The van der Waals surface area contributed by atoms with Crippen LogP contribution in [0.25, 0.3) is 0 Å². The van der Waals surface area contributed by atoms with E-state index in [1.165, 1.54) is 0 Å². The maximum absolute atomic E-state index is 12.0. The number of ketones is 1. The molecule has 0 spiro atoms. The Kier molecular flexibility index (Phi) is 5.80. The molecule has 5 nitrogen and oxygen atoms in total. The predicted molar refractivity (Wildman–Crippen MR) is 69.3 cm³/mol. The van der Waals surface area contributed by atoms with Crippen LogP contribution in [-0.4, -0.2) is 41.9 Å². The lowest BCUT2D eigenvalue weighted by Gasteiger charge is -2.09. The highest BCUT2D eigenvalue weighted by Gasteiger charge is 2.16. The third kappa shape index (κ3) is 4.22. The van der Waals surface area contributed by atoms with Gasteiger partial charge in [0, 0.05) is 13.2 Å². The molecule has 1 aromatic heterocycles. The van der Waals surface area contributed by atoms with Crippen molar-refractivity contribution >= 4 is 21.7 Å². The molecule has 96 valence electrons. The fraction of sp³-hybridized carbons (Fsp3) is 0.636. The molecule has 0 radical (unpaired) electrons. The van der Waals surface area contributed by atoms with E-state index in [0.717, 1.165) is 4.47 Å². The molecule has 0 unspecified atom stereocenters. The SMILES string of the molecule is COCCn1ncc(Br)c1C(=O)CNC(C)C. The number of ether oxygens (including phenoxy) is 1. The molecule has 1 aromatic rings. The smallest absolute Gasteiger partial charge is 0.195 e. The van der Waals surface area contributed by atoms with E-state index in [-0.39, 0.29) is 11.8 Å². The third-order valence-electron chi connectivity index (χ3n) is 2.24. The molecule has 0 aliphatic heterocycles. The summed E-state index contributed by atoms with van der Waals surface area (Å²) >= 11 is 3.34. The monoisotopic (exact) mass is 303 g/mol. The zero-order valence-electron chi connectivity index (χ0n) is 10.4. The van der Waals surface area contributed by atoms with Crippen LogP contribution in [-0.2, 0) is 11.3 Å². The number of nitrogens with one attached hydrogen (secondary N) is 1. The molecule has 17 heavy (non-hydrogen) atoms. The normalized spacial score (nSPS) is 11.1. The van der Waals surface area contributed by atoms with Crippen LogP contribution in [0.4, 0.5) is 0 Å². The van der Waals surface area contributed by atoms with Crippen LogP contribution < -0.4 is 5.32 Å². The van der Waals surface area contributed by atoms with Crippen molar-refractivity contribution in [2.75, 3.05) is 20.3 Å². The summed E-state index contributed by atoms with van der Waals surface area (Å²) < 4.78 is 7.38. The Balaban J connectivity index is 2.73. The number of carbonyl (C=O) groups is 1. The molecule has 0 amide bonds. The highest BCUT2D eigenvalue weighted by atomic mass is 79.9. The topological polar surface area (TPSA) is 56.2 Å². The van der Waals surface area contributed by atoms with Crippen molar-refractivity contribution in [1.29, 1.82) is 0 Å². The van der Waals surface area contributed by atoms with Gasteiger partial charge in [-0.2, -0.15) is 5.10 Å². The molecular formula is C11H18BrN3O2. The van der Waals surface area contributed by atoms with Gasteiger partial charge in [0.05, 0.1) is 30.4 Å². The zero-order chi connectivity index (χ0) is 12.8. The second kappa shape index (κ2) is 6.88. The molecule has 6 heteroatoms. The number of rotatable bonds is 7. The van der Waals surface area contributed by atoms with Crippen LogP contribution in [0.3, 0.4) is 0 Å². The maximum atomic E-state index is 12.0. The van der Waals surface area contributed by atoms with Crippen molar-refractivity contribution in [3.05, 3.63) is 16.4 Å². The highest BCUT2D eigenvalue weighted by molar-refractivity contribution is 9.10. The Hall–Kier alpha value is -0.720. The lowest BCUT2D eigenvalue weighted by atomic mass is 10.2. The Morgan fingerprint density at radius 3 is 2.94 bits per heavy atom. The van der Waals surface area contributed by atoms with Crippen LogP contribution >= 0.6 is 15.9 Å². The van der Waals surface area contributed by atoms with E-state index in [9.17, 15) is 4.79 Å². The molecular weight excluding hydrogens is 286 g/mol. The number of hydrogen-bond acceptors (Lipinski definition) is 4. The summed E-state index contributed by atoms with van der Waals surface area (Å²) in [6.07, 6.45) is 1.64. The van der Waals surface area contributed by atoms with E-state index in [0.29, 0.717) is 25.4 Å². The first-order valence-electron chi connectivity index (χ1n) is 5.53. The van der Waals surface area contributed by atoms with Gasteiger partial charge in [-0.25, -0.2) is 0 Å². The maximum Gasteiger partial charge on any atom is 0.195 e. The van der Waals surface area contributed by atoms with Crippen molar-refractivity contribution in [1.82, 2.24) is 15.1 Å². The van der Waals surface area contributed by atoms with Gasteiger partial charge in [0.2, 0.25) is 0 Å². The van der Waals surface area contributed by atoms with Gasteiger partial charge in [-0.3, -0.25) is 9.48 Å². The van der Waals surface area contributed by atoms with Crippen molar-refractivity contribution in [2.24, 2.45) is 0 Å². The summed E-state index contributed by atoms with van der Waals surface area (Å²) in [7, 11) is 1.63. The fourth-order valence-electron chi connectivity index (χ4n) is 1.37. The minimum absolute atomic E-state index is 0.0270. The minimum Gasteiger partial charge on any atom is -0.383 e. The van der Waals surface area contributed by atoms with Gasteiger partial charge >= 0.3 is 0 Å². The number of methoxy groups -OCH3 is 1. The second-order valence-corrected chi connectivity index (χ2v) is 4.87. The molecule has 0 aromatic carbocycles. The minimum atomic E-state index is 0.0270. The van der Waals surface area contributed by atoms with Crippen molar-refractivity contribution < 1.29 is 9.53 Å². The van der Waals surface area contributed by atoms with E-state index in [1.54, 1.807) is 18.0 Å². The number of Topliss-reactive ketones (excluding diaryl/α,β-unsaturated/α-hetero) is 1. The van der Waals surface area contributed by atoms with Crippen LogP contribution in [0.1, 0.15) is 24.3 Å². The van der Waals surface area contributed by atoms with Gasteiger partial charge in [0.15, 0.2) is 5.78 Å². The van der Waals surface area contributed by atoms with Gasteiger partial charge < -0.3 is 10.1 Å². The van der Waals surface area contributed by atoms with Gasteiger partial charge in [-0.05, 0) is 15.9 Å². The number of halogens is 1. The highest BCUT2D eigenvalue weighted by Crippen LogP contribution is 2.16. The lowest BCUT2D eigenvalue weighted by molar-refractivity contribution is 0.0973. The lowest BCUT2D eigenvalue weighted by Crippen LogP contribution is -2.30. The first-order valence-corrected chi connectivity index (χ1v) is 6.32. The van der Waals surface area contributed by atoms with Crippen molar-refractivity contribution in [3.63, 3.8) is 0 Å². The van der Waals surface area contributed by atoms with Crippen molar-refractivity contribution in [2.45, 2.75) is 26.4 Å². The number of nitrogens with zero attached hydrogens (tertiary/aromatic N) is 2. The molecule has 1 N–H and O–H groups in total. The quantitative estimate of drug-likeness (QED) is 0.775. The van der Waals surface area contributed by atoms with Crippen LogP contribution in [0.2, 0.25) is 0 Å². The summed E-state index contributed by atoms with van der Waals surface area (Å²) in [5.74, 6) is 0.0270. The Bertz CT molecular complexity index is 377. The number of hydrogen-bond donors (Lipinski definition) is 1. The molecule has 1 heterocycles.